The van der Waals surface area contributed by atoms with E-state index < -0.39 is 0 Å². The summed E-state index contributed by atoms with van der Waals surface area (Å²) < 4.78 is 7.38. The average molecular weight is 346 g/mol. The molecule has 0 saturated carbocycles. The lowest BCUT2D eigenvalue weighted by Gasteiger charge is -2.32. The van der Waals surface area contributed by atoms with E-state index >= 15 is 0 Å². The summed E-state index contributed by atoms with van der Waals surface area (Å²) in [6.07, 6.45) is 4.94. The molecule has 25 heavy (non-hydrogen) atoms. The number of carbonyl (C=O) groups excluding carboxylic acids is 2. The molecule has 9 heteroatoms. The van der Waals surface area contributed by atoms with Crippen molar-refractivity contribution in [2.24, 2.45) is 0 Å². The lowest BCUT2D eigenvalue weighted by molar-refractivity contribution is -0.140. The molecule has 0 bridgehead atoms. The van der Waals surface area contributed by atoms with Gasteiger partial charge in [0.15, 0.2) is 0 Å². The van der Waals surface area contributed by atoms with Crippen LogP contribution in [0.1, 0.15) is 30.1 Å². The number of hydrogen-bond donors (Lipinski definition) is 2. The minimum absolute atomic E-state index is 0.00132. The van der Waals surface area contributed by atoms with E-state index in [2.05, 4.69) is 20.4 Å². The maximum absolute atomic E-state index is 12.5. The van der Waals surface area contributed by atoms with Crippen LogP contribution in [0, 0.1) is 6.92 Å². The van der Waals surface area contributed by atoms with Crippen molar-refractivity contribution in [3.8, 4) is 0 Å². The summed E-state index contributed by atoms with van der Waals surface area (Å²) >= 11 is 0. The smallest absolute Gasteiger partial charge is 0.244 e. The Hall–Kier alpha value is -2.68. The Bertz CT molecular complexity index is 753. The molecular formula is C16H22N6O3. The van der Waals surface area contributed by atoms with Gasteiger partial charge in [0.2, 0.25) is 11.8 Å². The Labute approximate surface area is 145 Å². The number of aromatic nitrogens is 4. The first-order valence-corrected chi connectivity index (χ1v) is 8.18. The van der Waals surface area contributed by atoms with E-state index in [1.807, 2.05) is 13.1 Å². The van der Waals surface area contributed by atoms with Crippen molar-refractivity contribution in [2.45, 2.75) is 33.0 Å². The standard InChI is InChI=1S/C16H22N6O3/c1-11-5-19-22(8-11)10-15(24)21-3-4-25-14(9-21)16-18-7-13(20-16)6-17-12(2)23/h5,7-8,14H,3-4,6,9-10H2,1-2H3,(H,17,23)(H,18,20)/t14-/m0/s1. The molecule has 0 aliphatic carbocycles. The van der Waals surface area contributed by atoms with Crippen LogP contribution in [0.15, 0.2) is 18.6 Å². The Morgan fingerprint density at radius 1 is 1.44 bits per heavy atom. The normalized spacial score (nSPS) is 17.5. The molecule has 2 amide bonds. The topological polar surface area (TPSA) is 105 Å². The molecule has 1 aliphatic heterocycles. The number of rotatable bonds is 5. The van der Waals surface area contributed by atoms with E-state index in [9.17, 15) is 9.59 Å². The van der Waals surface area contributed by atoms with Gasteiger partial charge >= 0.3 is 0 Å². The molecule has 9 nitrogen and oxygen atoms in total. The molecule has 2 aromatic rings. The number of imidazole rings is 1. The minimum atomic E-state index is -0.303. The van der Waals surface area contributed by atoms with Crippen molar-refractivity contribution in [3.05, 3.63) is 35.7 Å². The van der Waals surface area contributed by atoms with Gasteiger partial charge < -0.3 is 19.9 Å². The summed E-state index contributed by atoms with van der Waals surface area (Å²) in [5.41, 5.74) is 1.82. The zero-order valence-corrected chi connectivity index (χ0v) is 14.4. The maximum atomic E-state index is 12.5. The van der Waals surface area contributed by atoms with Crippen molar-refractivity contribution in [1.29, 1.82) is 0 Å². The highest BCUT2D eigenvalue weighted by Crippen LogP contribution is 2.20. The van der Waals surface area contributed by atoms with Crippen LogP contribution in [-0.4, -0.2) is 56.2 Å². The fourth-order valence-corrected chi connectivity index (χ4v) is 2.68. The molecule has 1 aliphatic rings. The maximum Gasteiger partial charge on any atom is 0.244 e. The van der Waals surface area contributed by atoms with Gasteiger partial charge in [-0.15, -0.1) is 0 Å². The SMILES string of the molecule is CC(=O)NCc1cnc([C@@H]2CN(C(=O)Cn3cc(C)cn3)CCO2)[nH]1. The molecule has 1 saturated heterocycles. The fourth-order valence-electron chi connectivity index (χ4n) is 2.68. The quantitative estimate of drug-likeness (QED) is 0.802. The lowest BCUT2D eigenvalue weighted by Crippen LogP contribution is -2.44. The number of aryl methyl sites for hydroxylation is 1. The Balaban J connectivity index is 1.59. The third-order valence-corrected chi connectivity index (χ3v) is 3.96. The number of amides is 2. The van der Waals surface area contributed by atoms with Crippen LogP contribution < -0.4 is 5.32 Å². The largest absolute Gasteiger partial charge is 0.367 e. The zero-order chi connectivity index (χ0) is 17.8. The van der Waals surface area contributed by atoms with Crippen molar-refractivity contribution >= 4 is 11.8 Å². The van der Waals surface area contributed by atoms with Crippen molar-refractivity contribution in [1.82, 2.24) is 30.0 Å². The third kappa shape index (κ3) is 4.44. The molecule has 0 radical (unpaired) electrons. The molecule has 0 aromatic carbocycles. The second kappa shape index (κ2) is 7.47. The minimum Gasteiger partial charge on any atom is -0.367 e. The van der Waals surface area contributed by atoms with Crippen LogP contribution in [0.3, 0.4) is 0 Å². The number of hydrogen-bond acceptors (Lipinski definition) is 5. The van der Waals surface area contributed by atoms with E-state index in [1.54, 1.807) is 22.0 Å². The van der Waals surface area contributed by atoms with Gasteiger partial charge in [0.05, 0.1) is 37.8 Å². The monoisotopic (exact) mass is 346 g/mol. The van der Waals surface area contributed by atoms with E-state index in [0.29, 0.717) is 32.1 Å². The lowest BCUT2D eigenvalue weighted by atomic mass is 10.2. The Kier molecular flexibility index (Phi) is 5.13. The molecule has 3 heterocycles. The molecule has 0 spiro atoms. The molecule has 2 N–H and O–H groups in total. The summed E-state index contributed by atoms with van der Waals surface area (Å²) in [7, 11) is 0. The first kappa shape index (κ1) is 17.2. The van der Waals surface area contributed by atoms with E-state index in [4.69, 9.17) is 4.74 Å². The average Bonchev–Trinajstić information content (AvgIpc) is 3.22. The van der Waals surface area contributed by atoms with Crippen molar-refractivity contribution in [2.75, 3.05) is 19.7 Å². The molecule has 1 atom stereocenters. The Morgan fingerprint density at radius 3 is 3.00 bits per heavy atom. The van der Waals surface area contributed by atoms with Gasteiger partial charge in [0, 0.05) is 19.7 Å². The summed E-state index contributed by atoms with van der Waals surface area (Å²) in [6, 6.07) is 0. The number of carbonyl (C=O) groups is 2. The van der Waals surface area contributed by atoms with Gasteiger partial charge in [0.25, 0.3) is 0 Å². The van der Waals surface area contributed by atoms with E-state index in [0.717, 1.165) is 11.3 Å². The predicted molar refractivity (Wildman–Crippen MR) is 88.3 cm³/mol. The van der Waals surface area contributed by atoms with Gasteiger partial charge in [-0.1, -0.05) is 0 Å². The zero-order valence-electron chi connectivity index (χ0n) is 14.4. The van der Waals surface area contributed by atoms with Crippen LogP contribution in [0.25, 0.3) is 0 Å². The second-order valence-electron chi connectivity index (χ2n) is 6.12. The number of H-pyrrole nitrogens is 1. The molecule has 134 valence electrons. The fraction of sp³-hybridized carbons (Fsp3) is 0.500. The van der Waals surface area contributed by atoms with Gasteiger partial charge in [-0.3, -0.25) is 14.3 Å². The van der Waals surface area contributed by atoms with Crippen LogP contribution >= 0.6 is 0 Å². The summed E-state index contributed by atoms with van der Waals surface area (Å²) in [5, 5.41) is 6.86. The third-order valence-electron chi connectivity index (χ3n) is 3.96. The Morgan fingerprint density at radius 2 is 2.28 bits per heavy atom. The van der Waals surface area contributed by atoms with Gasteiger partial charge in [-0.25, -0.2) is 4.98 Å². The van der Waals surface area contributed by atoms with E-state index in [-0.39, 0.29) is 24.5 Å². The molecule has 1 fully saturated rings. The number of ether oxygens (including phenoxy) is 1. The summed E-state index contributed by atoms with van der Waals surface area (Å²) in [6.45, 7) is 5.45. The van der Waals surface area contributed by atoms with Crippen LogP contribution in [-0.2, 0) is 27.4 Å². The number of nitrogens with zero attached hydrogens (tertiary/aromatic N) is 4. The first-order chi connectivity index (χ1) is 12.0. The van der Waals surface area contributed by atoms with Gasteiger partial charge in [0.1, 0.15) is 18.5 Å². The predicted octanol–water partition coefficient (Wildman–Crippen LogP) is 0.151. The second-order valence-corrected chi connectivity index (χ2v) is 6.12. The first-order valence-electron chi connectivity index (χ1n) is 8.18. The van der Waals surface area contributed by atoms with E-state index in [1.165, 1.54) is 6.92 Å². The summed E-state index contributed by atoms with van der Waals surface area (Å²) in [5.74, 6) is 0.560. The molecular weight excluding hydrogens is 324 g/mol. The van der Waals surface area contributed by atoms with Crippen molar-refractivity contribution in [3.63, 3.8) is 0 Å². The van der Waals surface area contributed by atoms with Gasteiger partial charge in [-0.2, -0.15) is 5.10 Å². The van der Waals surface area contributed by atoms with Crippen LogP contribution in [0.5, 0.6) is 0 Å². The molecule has 0 unspecified atom stereocenters. The van der Waals surface area contributed by atoms with Crippen LogP contribution in [0.4, 0.5) is 0 Å². The number of aromatic amines is 1. The highest BCUT2D eigenvalue weighted by atomic mass is 16.5. The van der Waals surface area contributed by atoms with Crippen molar-refractivity contribution < 1.29 is 14.3 Å². The highest BCUT2D eigenvalue weighted by Gasteiger charge is 2.27. The van der Waals surface area contributed by atoms with Gasteiger partial charge in [-0.05, 0) is 12.5 Å². The molecule has 3 rings (SSSR count). The summed E-state index contributed by atoms with van der Waals surface area (Å²) in [4.78, 5) is 32.7. The number of nitrogens with one attached hydrogen (secondary N) is 2. The highest BCUT2D eigenvalue weighted by molar-refractivity contribution is 5.76. The molecule has 2 aromatic heterocycles. The van der Waals surface area contributed by atoms with Crippen LogP contribution in [0.2, 0.25) is 0 Å². The number of morpholine rings is 1.